The quantitative estimate of drug-likeness (QED) is 0.686. The molecule has 0 atom stereocenters. The number of aliphatic hydroxyl groups excluding tert-OH is 1. The molecule has 0 aromatic carbocycles. The van der Waals surface area contributed by atoms with Gasteiger partial charge >= 0.3 is 0 Å². The Balaban J connectivity index is 0.000000561. The van der Waals surface area contributed by atoms with Crippen LogP contribution in [0, 0.1) is 0 Å². The summed E-state index contributed by atoms with van der Waals surface area (Å²) in [6.07, 6.45) is 0.889. The number of hydrogen-bond donors (Lipinski definition) is 1. The Morgan fingerprint density at radius 3 is 2.33 bits per heavy atom. The summed E-state index contributed by atoms with van der Waals surface area (Å²) in [7, 11) is 0. The molecule has 1 heterocycles. The van der Waals surface area contributed by atoms with Gasteiger partial charge in [0.15, 0.2) is 0 Å². The van der Waals surface area contributed by atoms with Crippen LogP contribution in [0.3, 0.4) is 0 Å². The number of rotatable bonds is 3. The highest BCUT2D eigenvalue weighted by Crippen LogP contribution is 1.96. The molecule has 1 saturated heterocycles. The second-order valence-corrected chi connectivity index (χ2v) is 2.53. The second-order valence-electron chi connectivity index (χ2n) is 2.53. The maximum absolute atomic E-state index is 8.54. The van der Waals surface area contributed by atoms with Crippen LogP contribution in [-0.2, 0) is 4.74 Å². The molecule has 0 aromatic rings. The van der Waals surface area contributed by atoms with Gasteiger partial charge in [0.05, 0.1) is 13.2 Å². The minimum absolute atomic E-state index is 0.303. The third kappa shape index (κ3) is 5.52. The summed E-state index contributed by atoms with van der Waals surface area (Å²) in [6.45, 7) is 9.08. The van der Waals surface area contributed by atoms with E-state index in [0.717, 1.165) is 39.3 Å². The van der Waals surface area contributed by atoms with Crippen LogP contribution < -0.4 is 0 Å². The van der Waals surface area contributed by atoms with Crippen molar-refractivity contribution < 1.29 is 9.84 Å². The van der Waals surface area contributed by atoms with Crippen LogP contribution in [-0.4, -0.2) is 49.5 Å². The predicted octanol–water partition coefficient (Wildman–Crippen LogP) is 0.727. The Kier molecular flexibility index (Phi) is 8.88. The van der Waals surface area contributed by atoms with Crippen molar-refractivity contribution in [3.63, 3.8) is 0 Å². The fraction of sp³-hybridized carbons (Fsp3) is 1.00. The zero-order valence-corrected chi connectivity index (χ0v) is 8.25. The van der Waals surface area contributed by atoms with Gasteiger partial charge in [0, 0.05) is 26.2 Å². The van der Waals surface area contributed by atoms with Crippen molar-refractivity contribution in [1.29, 1.82) is 0 Å². The van der Waals surface area contributed by atoms with Gasteiger partial charge in [0.1, 0.15) is 0 Å². The van der Waals surface area contributed by atoms with Gasteiger partial charge in [0.2, 0.25) is 0 Å². The van der Waals surface area contributed by atoms with Crippen LogP contribution in [0.1, 0.15) is 20.3 Å². The van der Waals surface area contributed by atoms with E-state index >= 15 is 0 Å². The minimum atomic E-state index is 0.303. The van der Waals surface area contributed by atoms with Gasteiger partial charge in [0.25, 0.3) is 0 Å². The lowest BCUT2D eigenvalue weighted by atomic mass is 10.3. The summed E-state index contributed by atoms with van der Waals surface area (Å²) < 4.78 is 5.18. The Morgan fingerprint density at radius 1 is 1.25 bits per heavy atom. The van der Waals surface area contributed by atoms with Gasteiger partial charge in [-0.25, -0.2) is 0 Å². The highest BCUT2D eigenvalue weighted by atomic mass is 16.5. The van der Waals surface area contributed by atoms with Gasteiger partial charge in [-0.1, -0.05) is 13.8 Å². The summed E-state index contributed by atoms with van der Waals surface area (Å²) >= 11 is 0. The van der Waals surface area contributed by atoms with Gasteiger partial charge in [-0.15, -0.1) is 0 Å². The standard InChI is InChI=1S/C7H15NO2.C2H6/c9-5-1-2-8-3-6-10-7-4-8;1-2/h9H,1-7H2;1-2H3. The molecule has 1 N–H and O–H groups in total. The van der Waals surface area contributed by atoms with Crippen LogP contribution in [0.2, 0.25) is 0 Å². The van der Waals surface area contributed by atoms with Crippen molar-refractivity contribution in [2.24, 2.45) is 0 Å². The lowest BCUT2D eigenvalue weighted by Crippen LogP contribution is -2.37. The van der Waals surface area contributed by atoms with E-state index in [1.165, 1.54) is 0 Å². The maximum atomic E-state index is 8.54. The summed E-state index contributed by atoms with van der Waals surface area (Å²) in [4.78, 5) is 2.32. The fourth-order valence-electron chi connectivity index (χ4n) is 1.12. The van der Waals surface area contributed by atoms with Gasteiger partial charge in [-0.05, 0) is 6.42 Å². The average Bonchev–Trinajstić information content (AvgIpc) is 2.19. The first-order valence-corrected chi connectivity index (χ1v) is 4.84. The summed E-state index contributed by atoms with van der Waals surface area (Å²) in [5.41, 5.74) is 0. The molecule has 1 fully saturated rings. The molecular weight excluding hydrogens is 154 g/mol. The van der Waals surface area contributed by atoms with Crippen molar-refractivity contribution in [3.05, 3.63) is 0 Å². The predicted molar refractivity (Wildman–Crippen MR) is 50.3 cm³/mol. The van der Waals surface area contributed by atoms with E-state index in [1.54, 1.807) is 0 Å². The first kappa shape index (κ1) is 11.9. The van der Waals surface area contributed by atoms with E-state index in [2.05, 4.69) is 4.90 Å². The van der Waals surface area contributed by atoms with Crippen LogP contribution in [0.4, 0.5) is 0 Å². The first-order valence-electron chi connectivity index (χ1n) is 4.84. The maximum Gasteiger partial charge on any atom is 0.0594 e. The normalized spacial score (nSPS) is 18.2. The third-order valence-electron chi connectivity index (χ3n) is 1.74. The topological polar surface area (TPSA) is 32.7 Å². The van der Waals surface area contributed by atoms with E-state index in [4.69, 9.17) is 9.84 Å². The van der Waals surface area contributed by atoms with Gasteiger partial charge in [-0.3, -0.25) is 4.90 Å². The molecule has 0 radical (unpaired) electrons. The molecule has 0 unspecified atom stereocenters. The fourth-order valence-corrected chi connectivity index (χ4v) is 1.12. The van der Waals surface area contributed by atoms with E-state index in [1.807, 2.05) is 13.8 Å². The van der Waals surface area contributed by atoms with Crippen molar-refractivity contribution in [2.45, 2.75) is 20.3 Å². The first-order chi connectivity index (χ1) is 5.93. The molecule has 0 amide bonds. The molecule has 12 heavy (non-hydrogen) atoms. The summed E-state index contributed by atoms with van der Waals surface area (Å²) in [5, 5.41) is 8.54. The molecule has 0 bridgehead atoms. The summed E-state index contributed by atoms with van der Waals surface area (Å²) in [5.74, 6) is 0. The molecule has 0 spiro atoms. The number of nitrogens with zero attached hydrogens (tertiary/aromatic N) is 1. The summed E-state index contributed by atoms with van der Waals surface area (Å²) in [6, 6.07) is 0. The zero-order valence-electron chi connectivity index (χ0n) is 8.25. The van der Waals surface area contributed by atoms with Crippen LogP contribution in [0.25, 0.3) is 0 Å². The number of morpholine rings is 1. The van der Waals surface area contributed by atoms with Crippen molar-refractivity contribution in [3.8, 4) is 0 Å². The lowest BCUT2D eigenvalue weighted by molar-refractivity contribution is 0.0353. The minimum Gasteiger partial charge on any atom is -0.396 e. The molecular formula is C9H21NO2. The molecule has 3 nitrogen and oxygen atoms in total. The van der Waals surface area contributed by atoms with Crippen LogP contribution >= 0.6 is 0 Å². The molecule has 1 aliphatic rings. The molecule has 0 aliphatic carbocycles. The monoisotopic (exact) mass is 175 g/mol. The Morgan fingerprint density at radius 2 is 1.83 bits per heavy atom. The Hall–Kier alpha value is -0.120. The number of hydrogen-bond acceptors (Lipinski definition) is 3. The van der Waals surface area contributed by atoms with E-state index in [0.29, 0.717) is 6.61 Å². The SMILES string of the molecule is CC.OCCCN1CCOCC1. The highest BCUT2D eigenvalue weighted by Gasteiger charge is 2.08. The zero-order chi connectivity index (χ0) is 9.23. The number of ether oxygens (including phenoxy) is 1. The smallest absolute Gasteiger partial charge is 0.0594 e. The number of aliphatic hydroxyl groups is 1. The molecule has 3 heteroatoms. The molecule has 1 aliphatic heterocycles. The molecule has 0 aromatic heterocycles. The van der Waals surface area contributed by atoms with E-state index in [-0.39, 0.29) is 0 Å². The van der Waals surface area contributed by atoms with Crippen molar-refractivity contribution in [1.82, 2.24) is 4.90 Å². The van der Waals surface area contributed by atoms with Gasteiger partial charge in [-0.2, -0.15) is 0 Å². The van der Waals surface area contributed by atoms with Crippen molar-refractivity contribution in [2.75, 3.05) is 39.5 Å². The Labute approximate surface area is 75.3 Å². The largest absolute Gasteiger partial charge is 0.396 e. The highest BCUT2D eigenvalue weighted by molar-refractivity contribution is 4.60. The molecule has 0 saturated carbocycles. The Bertz CT molecular complexity index is 82.6. The van der Waals surface area contributed by atoms with Crippen molar-refractivity contribution >= 4 is 0 Å². The third-order valence-corrected chi connectivity index (χ3v) is 1.74. The van der Waals surface area contributed by atoms with E-state index < -0.39 is 0 Å². The lowest BCUT2D eigenvalue weighted by Gasteiger charge is -2.25. The molecule has 1 rings (SSSR count). The van der Waals surface area contributed by atoms with Crippen LogP contribution in [0.15, 0.2) is 0 Å². The average molecular weight is 175 g/mol. The molecule has 74 valence electrons. The second kappa shape index (κ2) is 8.97. The van der Waals surface area contributed by atoms with E-state index in [9.17, 15) is 0 Å². The van der Waals surface area contributed by atoms with Gasteiger partial charge < -0.3 is 9.84 Å². The van der Waals surface area contributed by atoms with Crippen LogP contribution in [0.5, 0.6) is 0 Å².